The number of carbonyl (C=O) groups is 1. The molecule has 1 aromatic rings. The summed E-state index contributed by atoms with van der Waals surface area (Å²) < 4.78 is 6.03. The Balaban J connectivity index is 0.00000392. The molecule has 0 radical (unpaired) electrons. The van der Waals surface area contributed by atoms with Crippen LogP contribution in [0, 0.1) is 12.3 Å². The Morgan fingerprint density at radius 3 is 2.57 bits per heavy atom. The molecule has 1 aliphatic rings. The molecular weight excluding hydrogens is 467 g/mol. The zero-order chi connectivity index (χ0) is 19.9. The average Bonchev–Trinajstić information content (AvgIpc) is 2.66. The number of nitrogens with zero attached hydrogens (tertiary/aromatic N) is 2. The van der Waals surface area contributed by atoms with E-state index in [-0.39, 0.29) is 36.0 Å². The largest absolute Gasteiger partial charge is 0.370 e. The molecule has 1 aliphatic heterocycles. The van der Waals surface area contributed by atoms with Crippen LogP contribution in [0.2, 0.25) is 0 Å². The number of benzene rings is 1. The lowest BCUT2D eigenvalue weighted by Gasteiger charge is -2.36. The van der Waals surface area contributed by atoms with E-state index in [9.17, 15) is 4.79 Å². The van der Waals surface area contributed by atoms with E-state index in [4.69, 9.17) is 9.73 Å². The lowest BCUT2D eigenvalue weighted by atomic mass is 9.92. The highest BCUT2D eigenvalue weighted by Gasteiger charge is 2.29. The number of rotatable bonds is 6. The second-order valence-corrected chi connectivity index (χ2v) is 7.58. The number of nitrogens with one attached hydrogen (secondary N) is 2. The van der Waals surface area contributed by atoms with Gasteiger partial charge in [0.05, 0.1) is 25.1 Å². The van der Waals surface area contributed by atoms with Crippen LogP contribution in [0.15, 0.2) is 29.3 Å². The predicted octanol–water partition coefficient (Wildman–Crippen LogP) is 3.11. The lowest BCUT2D eigenvalue weighted by molar-refractivity contribution is -0.128. The number of hydrogen-bond donors (Lipinski definition) is 2. The molecular formula is C21H35IN4O2. The quantitative estimate of drug-likeness (QED) is 0.357. The number of morpholine rings is 1. The number of ether oxygens (including phenoxy) is 1. The first kappa shape index (κ1) is 24.7. The Labute approximate surface area is 186 Å². The molecule has 1 aromatic carbocycles. The normalized spacial score (nSPS) is 17.7. The number of guanidine groups is 1. The fourth-order valence-electron chi connectivity index (χ4n) is 3.15. The molecule has 2 rings (SSSR count). The molecule has 0 aromatic heterocycles. The summed E-state index contributed by atoms with van der Waals surface area (Å²) in [5.74, 6) is 0.876. The van der Waals surface area contributed by atoms with Crippen LogP contribution in [-0.2, 0) is 9.53 Å². The maximum absolute atomic E-state index is 12.3. The van der Waals surface area contributed by atoms with Gasteiger partial charge in [-0.05, 0) is 45.7 Å². The van der Waals surface area contributed by atoms with Crippen molar-refractivity contribution in [2.75, 3.05) is 39.3 Å². The number of amides is 1. The highest BCUT2D eigenvalue weighted by atomic mass is 127. The summed E-state index contributed by atoms with van der Waals surface area (Å²) in [6.07, 6.45) is 0.0280. The van der Waals surface area contributed by atoms with Gasteiger partial charge in [0.2, 0.25) is 5.91 Å². The van der Waals surface area contributed by atoms with Gasteiger partial charge in [-0.3, -0.25) is 9.79 Å². The van der Waals surface area contributed by atoms with Crippen molar-refractivity contribution in [2.45, 2.75) is 40.7 Å². The van der Waals surface area contributed by atoms with Crippen molar-refractivity contribution in [3.05, 3.63) is 35.4 Å². The number of aryl methyl sites for hydroxylation is 1. The van der Waals surface area contributed by atoms with Crippen LogP contribution < -0.4 is 10.6 Å². The number of aliphatic imine (C=N–C) groups is 1. The highest BCUT2D eigenvalue weighted by molar-refractivity contribution is 14.0. The van der Waals surface area contributed by atoms with Gasteiger partial charge in [-0.25, -0.2) is 0 Å². The molecule has 1 unspecified atom stereocenters. The monoisotopic (exact) mass is 502 g/mol. The van der Waals surface area contributed by atoms with Crippen molar-refractivity contribution in [1.82, 2.24) is 15.5 Å². The maximum Gasteiger partial charge on any atom is 0.227 e. The highest BCUT2D eigenvalue weighted by Crippen LogP contribution is 2.25. The van der Waals surface area contributed by atoms with Gasteiger partial charge in [0, 0.05) is 19.6 Å². The third-order valence-corrected chi connectivity index (χ3v) is 4.81. The van der Waals surface area contributed by atoms with Crippen molar-refractivity contribution >= 4 is 35.8 Å². The first-order valence-corrected chi connectivity index (χ1v) is 9.87. The number of carbonyl (C=O) groups excluding carboxylic acids is 1. The Kier molecular flexibility index (Phi) is 10.2. The fourth-order valence-corrected chi connectivity index (χ4v) is 3.15. The summed E-state index contributed by atoms with van der Waals surface area (Å²) >= 11 is 0. The third kappa shape index (κ3) is 6.62. The molecule has 1 amide bonds. The van der Waals surface area contributed by atoms with Crippen molar-refractivity contribution in [3.63, 3.8) is 0 Å². The van der Waals surface area contributed by atoms with Crippen LogP contribution >= 0.6 is 24.0 Å². The number of hydrogen-bond acceptors (Lipinski definition) is 3. The fraction of sp³-hybridized carbons (Fsp3) is 0.619. The van der Waals surface area contributed by atoms with Crippen molar-refractivity contribution < 1.29 is 9.53 Å². The minimum absolute atomic E-state index is 0. The summed E-state index contributed by atoms with van der Waals surface area (Å²) in [4.78, 5) is 19.3. The molecule has 0 saturated carbocycles. The van der Waals surface area contributed by atoms with E-state index in [2.05, 4.69) is 47.6 Å². The first-order chi connectivity index (χ1) is 12.9. The molecule has 28 heavy (non-hydrogen) atoms. The summed E-state index contributed by atoms with van der Waals surface area (Å²) in [7, 11) is 0. The summed E-state index contributed by atoms with van der Waals surface area (Å²) in [6.45, 7) is 14.0. The zero-order valence-electron chi connectivity index (χ0n) is 17.7. The molecule has 2 N–H and O–H groups in total. The Morgan fingerprint density at radius 1 is 1.25 bits per heavy atom. The topological polar surface area (TPSA) is 66.0 Å². The van der Waals surface area contributed by atoms with E-state index < -0.39 is 5.41 Å². The standard InChI is InChI=1S/C21H34N4O2.HI/c1-6-22-19(26)21(4,5)15-24-20(23-7-2)25-12-13-27-18(14-25)17-11-9-8-10-16(17)3;/h8-11,18H,6-7,12-15H2,1-5H3,(H,22,26)(H,23,24);1H. The zero-order valence-corrected chi connectivity index (χ0v) is 20.1. The summed E-state index contributed by atoms with van der Waals surface area (Å²) in [6, 6.07) is 8.35. The van der Waals surface area contributed by atoms with E-state index in [1.165, 1.54) is 11.1 Å². The van der Waals surface area contributed by atoms with Gasteiger partial charge >= 0.3 is 0 Å². The second kappa shape index (κ2) is 11.6. The SMILES string of the molecule is CCNC(=O)C(C)(C)CN=C(NCC)N1CCOC(c2ccccc2C)C1.I. The van der Waals surface area contributed by atoms with Crippen LogP contribution in [0.5, 0.6) is 0 Å². The van der Waals surface area contributed by atoms with Crippen LogP contribution in [0.4, 0.5) is 0 Å². The van der Waals surface area contributed by atoms with Crippen molar-refractivity contribution in [2.24, 2.45) is 10.4 Å². The summed E-state index contributed by atoms with van der Waals surface area (Å²) in [5, 5.41) is 6.26. The van der Waals surface area contributed by atoms with Gasteiger partial charge in [-0.1, -0.05) is 24.3 Å². The molecule has 1 atom stereocenters. The molecule has 0 spiro atoms. The third-order valence-electron chi connectivity index (χ3n) is 4.81. The molecule has 1 saturated heterocycles. The van der Waals surface area contributed by atoms with Gasteiger partial charge in [0.15, 0.2) is 5.96 Å². The minimum Gasteiger partial charge on any atom is -0.370 e. The molecule has 158 valence electrons. The van der Waals surface area contributed by atoms with Crippen molar-refractivity contribution in [1.29, 1.82) is 0 Å². The van der Waals surface area contributed by atoms with Gasteiger partial charge in [0.25, 0.3) is 0 Å². The van der Waals surface area contributed by atoms with E-state index in [1.807, 2.05) is 26.8 Å². The van der Waals surface area contributed by atoms with Crippen LogP contribution in [0.3, 0.4) is 0 Å². The average molecular weight is 502 g/mol. The Morgan fingerprint density at radius 2 is 1.93 bits per heavy atom. The second-order valence-electron chi connectivity index (χ2n) is 7.58. The summed E-state index contributed by atoms with van der Waals surface area (Å²) in [5.41, 5.74) is 1.92. The van der Waals surface area contributed by atoms with Crippen molar-refractivity contribution in [3.8, 4) is 0 Å². The van der Waals surface area contributed by atoms with Crippen LogP contribution in [0.1, 0.15) is 44.9 Å². The predicted molar refractivity (Wildman–Crippen MR) is 125 cm³/mol. The van der Waals surface area contributed by atoms with E-state index in [0.717, 1.165) is 25.6 Å². The molecule has 1 fully saturated rings. The molecule has 7 heteroatoms. The Hall–Kier alpha value is -1.35. The van der Waals surface area contributed by atoms with Gasteiger partial charge in [0.1, 0.15) is 6.10 Å². The molecule has 0 aliphatic carbocycles. The van der Waals surface area contributed by atoms with E-state index in [0.29, 0.717) is 19.7 Å². The minimum atomic E-state index is -0.543. The Bertz CT molecular complexity index is 664. The number of halogens is 1. The maximum atomic E-state index is 12.3. The molecule has 0 bridgehead atoms. The lowest BCUT2D eigenvalue weighted by Crippen LogP contribution is -2.49. The van der Waals surface area contributed by atoms with E-state index in [1.54, 1.807) is 0 Å². The molecule has 1 heterocycles. The van der Waals surface area contributed by atoms with Gasteiger partial charge < -0.3 is 20.3 Å². The van der Waals surface area contributed by atoms with Gasteiger partial charge in [-0.15, -0.1) is 24.0 Å². The van der Waals surface area contributed by atoms with E-state index >= 15 is 0 Å². The first-order valence-electron chi connectivity index (χ1n) is 9.87. The van der Waals surface area contributed by atoms with Crippen LogP contribution in [0.25, 0.3) is 0 Å². The molecule has 6 nitrogen and oxygen atoms in total. The smallest absolute Gasteiger partial charge is 0.227 e. The van der Waals surface area contributed by atoms with Crippen LogP contribution in [-0.4, -0.2) is 56.1 Å². The van der Waals surface area contributed by atoms with Gasteiger partial charge in [-0.2, -0.15) is 0 Å².